The lowest BCUT2D eigenvalue weighted by Gasteiger charge is -2.18. The Bertz CT molecular complexity index is 558. The van der Waals surface area contributed by atoms with E-state index in [1.807, 2.05) is 19.1 Å². The van der Waals surface area contributed by atoms with Gasteiger partial charge in [-0.2, -0.15) is 0 Å². The van der Waals surface area contributed by atoms with E-state index in [-0.39, 0.29) is 24.0 Å². The quantitative estimate of drug-likeness (QED) is 0.836. The summed E-state index contributed by atoms with van der Waals surface area (Å²) >= 11 is 1.00. The third-order valence-electron chi connectivity index (χ3n) is 3.13. The monoisotopic (exact) mass is 293 g/mol. The lowest BCUT2D eigenvalue weighted by molar-refractivity contribution is -0.134. The molecule has 1 aliphatic rings. The first-order valence-corrected chi connectivity index (χ1v) is 7.37. The van der Waals surface area contributed by atoms with E-state index in [1.165, 1.54) is 4.90 Å². The Kier molecular flexibility index (Phi) is 4.44. The third kappa shape index (κ3) is 2.85. The number of aliphatic carboxylic acids is 1. The first-order chi connectivity index (χ1) is 9.54. The molecule has 1 fully saturated rings. The van der Waals surface area contributed by atoms with E-state index in [2.05, 4.69) is 0 Å². The molecule has 0 aromatic heterocycles. The zero-order chi connectivity index (χ0) is 14.7. The number of carboxylic acid groups (broad SMARTS) is 1. The van der Waals surface area contributed by atoms with Crippen LogP contribution >= 0.6 is 11.8 Å². The largest absolute Gasteiger partial charge is 0.481 e. The number of carbonyl (C=O) groups excluding carboxylic acids is 2. The van der Waals surface area contributed by atoms with Crippen LogP contribution in [0, 0.1) is 0 Å². The van der Waals surface area contributed by atoms with Crippen molar-refractivity contribution in [1.82, 2.24) is 0 Å². The van der Waals surface area contributed by atoms with Crippen LogP contribution < -0.4 is 4.90 Å². The molecule has 2 amide bonds. The number of anilines is 1. The number of para-hydroxylation sites is 1. The van der Waals surface area contributed by atoms with E-state index < -0.39 is 11.2 Å². The topological polar surface area (TPSA) is 74.7 Å². The Labute approximate surface area is 121 Å². The molecule has 1 aliphatic heterocycles. The number of thioether (sulfide) groups is 1. The van der Waals surface area contributed by atoms with Crippen LogP contribution in [0.5, 0.6) is 0 Å². The maximum atomic E-state index is 12.3. The lowest BCUT2D eigenvalue weighted by atomic mass is 10.1. The summed E-state index contributed by atoms with van der Waals surface area (Å²) in [5.74, 6) is -1.74. The molecule has 20 heavy (non-hydrogen) atoms. The molecule has 0 aliphatic carbocycles. The van der Waals surface area contributed by atoms with Gasteiger partial charge >= 0.3 is 5.97 Å². The smallest absolute Gasteiger partial charge is 0.313 e. The summed E-state index contributed by atoms with van der Waals surface area (Å²) < 4.78 is 0. The van der Waals surface area contributed by atoms with Crippen molar-refractivity contribution in [2.24, 2.45) is 0 Å². The zero-order valence-electron chi connectivity index (χ0n) is 11.0. The number of amides is 2. The molecule has 1 aromatic carbocycles. The van der Waals surface area contributed by atoms with Gasteiger partial charge in [0.25, 0.3) is 0 Å². The molecule has 6 heteroatoms. The summed E-state index contributed by atoms with van der Waals surface area (Å²) in [5, 5.41) is 8.07. The highest BCUT2D eigenvalue weighted by Gasteiger charge is 2.40. The van der Waals surface area contributed by atoms with Crippen molar-refractivity contribution in [1.29, 1.82) is 0 Å². The van der Waals surface area contributed by atoms with E-state index in [1.54, 1.807) is 12.1 Å². The summed E-state index contributed by atoms with van der Waals surface area (Å²) in [6.45, 7) is 1.96. The molecule has 1 saturated heterocycles. The molecule has 0 spiro atoms. The fraction of sp³-hybridized carbons (Fsp3) is 0.357. The van der Waals surface area contributed by atoms with Gasteiger partial charge in [0.15, 0.2) is 0 Å². The number of nitrogens with zero attached hydrogens (tertiary/aromatic N) is 1. The molecule has 1 unspecified atom stereocenters. The van der Waals surface area contributed by atoms with Gasteiger partial charge in [-0.3, -0.25) is 14.4 Å². The van der Waals surface area contributed by atoms with Crippen LogP contribution in [0.25, 0.3) is 0 Å². The van der Waals surface area contributed by atoms with E-state index >= 15 is 0 Å². The van der Waals surface area contributed by atoms with E-state index in [0.717, 1.165) is 23.7 Å². The number of rotatable bonds is 5. The van der Waals surface area contributed by atoms with Crippen molar-refractivity contribution in [3.8, 4) is 0 Å². The number of carboxylic acids is 1. The second-order valence-corrected chi connectivity index (χ2v) is 5.64. The lowest BCUT2D eigenvalue weighted by Crippen LogP contribution is -2.32. The number of aryl methyl sites for hydroxylation is 1. The molecule has 1 aromatic rings. The molecule has 2 rings (SSSR count). The van der Waals surface area contributed by atoms with Crippen molar-refractivity contribution in [3.63, 3.8) is 0 Å². The highest BCUT2D eigenvalue weighted by atomic mass is 32.2. The SMILES string of the molecule is CCc1ccccc1N1C(=O)CC(SCC(=O)O)C1=O. The normalized spacial score (nSPS) is 18.6. The minimum absolute atomic E-state index is 0.0643. The third-order valence-corrected chi connectivity index (χ3v) is 4.31. The molecule has 0 bridgehead atoms. The second kappa shape index (κ2) is 6.09. The summed E-state index contributed by atoms with van der Waals surface area (Å²) in [7, 11) is 0. The highest BCUT2D eigenvalue weighted by Crippen LogP contribution is 2.31. The fourth-order valence-corrected chi connectivity index (χ4v) is 3.04. The predicted octanol–water partition coefficient (Wildman–Crippen LogP) is 1.70. The van der Waals surface area contributed by atoms with Gasteiger partial charge in [0, 0.05) is 6.42 Å². The number of benzene rings is 1. The van der Waals surface area contributed by atoms with Gasteiger partial charge in [0.2, 0.25) is 11.8 Å². The molecular formula is C14H15NO4S. The van der Waals surface area contributed by atoms with E-state index in [4.69, 9.17) is 5.11 Å². The van der Waals surface area contributed by atoms with Crippen LogP contribution in [0.3, 0.4) is 0 Å². The Morgan fingerprint density at radius 3 is 2.75 bits per heavy atom. The van der Waals surface area contributed by atoms with Crippen LogP contribution in [0.2, 0.25) is 0 Å². The van der Waals surface area contributed by atoms with Gasteiger partial charge in [0.05, 0.1) is 16.7 Å². The van der Waals surface area contributed by atoms with Crippen molar-refractivity contribution >= 4 is 35.2 Å². The standard InChI is InChI=1S/C14H15NO4S/c1-2-9-5-3-4-6-10(9)15-12(16)7-11(14(15)19)20-8-13(17)18/h3-6,11H,2,7-8H2,1H3,(H,17,18). The van der Waals surface area contributed by atoms with Crippen molar-refractivity contribution in [2.45, 2.75) is 25.0 Å². The maximum Gasteiger partial charge on any atom is 0.313 e. The zero-order valence-corrected chi connectivity index (χ0v) is 11.9. The number of hydrogen-bond acceptors (Lipinski definition) is 4. The minimum atomic E-state index is -0.984. The number of imide groups is 1. The first-order valence-electron chi connectivity index (χ1n) is 6.32. The molecule has 106 valence electrons. The molecule has 0 radical (unpaired) electrons. The van der Waals surface area contributed by atoms with Gasteiger partial charge in [-0.25, -0.2) is 4.90 Å². The summed E-state index contributed by atoms with van der Waals surface area (Å²) in [5.41, 5.74) is 1.54. The molecule has 5 nitrogen and oxygen atoms in total. The average Bonchev–Trinajstić information content (AvgIpc) is 2.71. The van der Waals surface area contributed by atoms with Gasteiger partial charge in [-0.15, -0.1) is 11.8 Å². The van der Waals surface area contributed by atoms with Crippen molar-refractivity contribution in [3.05, 3.63) is 29.8 Å². The number of carbonyl (C=O) groups is 3. The second-order valence-electron chi connectivity index (χ2n) is 4.45. The summed E-state index contributed by atoms with van der Waals surface area (Å²) in [6, 6.07) is 7.28. The Morgan fingerprint density at radius 1 is 1.40 bits per heavy atom. The fourth-order valence-electron chi connectivity index (χ4n) is 2.19. The van der Waals surface area contributed by atoms with Gasteiger partial charge in [0.1, 0.15) is 0 Å². The van der Waals surface area contributed by atoms with E-state index in [9.17, 15) is 14.4 Å². The minimum Gasteiger partial charge on any atom is -0.481 e. The number of hydrogen-bond donors (Lipinski definition) is 1. The first kappa shape index (κ1) is 14.6. The van der Waals surface area contributed by atoms with Gasteiger partial charge in [-0.05, 0) is 18.1 Å². The van der Waals surface area contributed by atoms with Crippen molar-refractivity contribution in [2.75, 3.05) is 10.7 Å². The molecular weight excluding hydrogens is 278 g/mol. The predicted molar refractivity (Wildman–Crippen MR) is 76.8 cm³/mol. The summed E-state index contributed by atoms with van der Waals surface area (Å²) in [6.07, 6.45) is 0.787. The molecule has 1 atom stereocenters. The molecule has 1 N–H and O–H groups in total. The Hall–Kier alpha value is -1.82. The van der Waals surface area contributed by atoms with E-state index in [0.29, 0.717) is 5.69 Å². The van der Waals surface area contributed by atoms with Gasteiger partial charge in [-0.1, -0.05) is 25.1 Å². The summed E-state index contributed by atoms with van der Waals surface area (Å²) in [4.78, 5) is 36.1. The van der Waals surface area contributed by atoms with Crippen molar-refractivity contribution < 1.29 is 19.5 Å². The van der Waals surface area contributed by atoms with Crippen LogP contribution in [-0.4, -0.2) is 33.9 Å². The van der Waals surface area contributed by atoms with Gasteiger partial charge < -0.3 is 5.11 Å². The Morgan fingerprint density at radius 2 is 2.10 bits per heavy atom. The molecule has 1 heterocycles. The van der Waals surface area contributed by atoms with Crippen LogP contribution in [-0.2, 0) is 20.8 Å². The van der Waals surface area contributed by atoms with Crippen LogP contribution in [0.15, 0.2) is 24.3 Å². The Balaban J connectivity index is 2.22. The van der Waals surface area contributed by atoms with Crippen LogP contribution in [0.1, 0.15) is 18.9 Å². The van der Waals surface area contributed by atoms with Crippen LogP contribution in [0.4, 0.5) is 5.69 Å². The maximum absolute atomic E-state index is 12.3. The highest BCUT2D eigenvalue weighted by molar-refractivity contribution is 8.01. The average molecular weight is 293 g/mol. The molecule has 0 saturated carbocycles.